The molecule has 8 heteroatoms. The van der Waals surface area contributed by atoms with E-state index in [2.05, 4.69) is 15.5 Å². The highest BCUT2D eigenvalue weighted by Gasteiger charge is 2.05. The highest BCUT2D eigenvalue weighted by atomic mass is 35.5. The lowest BCUT2D eigenvalue weighted by molar-refractivity contribution is -0.118. The fourth-order valence-corrected chi connectivity index (χ4v) is 3.31. The molecular weight excluding hydrogens is 413 g/mol. The highest BCUT2D eigenvalue weighted by molar-refractivity contribution is 8.00. The maximum absolute atomic E-state index is 11.9. The maximum Gasteiger partial charge on any atom is 0.250 e. The normalized spacial score (nSPS) is 11.2. The van der Waals surface area contributed by atoms with Gasteiger partial charge in [-0.1, -0.05) is 34.8 Å². The van der Waals surface area contributed by atoms with Crippen LogP contribution in [0.4, 0.5) is 0 Å². The van der Waals surface area contributed by atoms with Crippen LogP contribution in [0.2, 0.25) is 15.2 Å². The van der Waals surface area contributed by atoms with Gasteiger partial charge in [0.15, 0.2) is 0 Å². The van der Waals surface area contributed by atoms with E-state index in [0.29, 0.717) is 20.8 Å². The molecule has 0 atom stereocenters. The first-order valence-electron chi connectivity index (χ1n) is 7.47. The zero-order valence-electron chi connectivity index (χ0n) is 13.2. The predicted octanol–water partition coefficient (Wildman–Crippen LogP) is 5.44. The van der Waals surface area contributed by atoms with E-state index in [1.54, 1.807) is 30.3 Å². The number of hydrazone groups is 1. The van der Waals surface area contributed by atoms with E-state index in [9.17, 15) is 4.79 Å². The molecule has 1 aromatic heterocycles. The lowest BCUT2D eigenvalue weighted by Crippen LogP contribution is -2.19. The SMILES string of the molecule is O=C(CSc1ccc(Cl)cc1)N/N=C\c1cc2cc(Cl)ccc2nc1Cl. The minimum Gasteiger partial charge on any atom is -0.272 e. The number of aromatic nitrogens is 1. The number of carbonyl (C=O) groups excluding carboxylic acids is 1. The molecule has 0 bridgehead atoms. The van der Waals surface area contributed by atoms with Gasteiger partial charge >= 0.3 is 0 Å². The molecule has 0 aliphatic carbocycles. The van der Waals surface area contributed by atoms with E-state index < -0.39 is 0 Å². The quantitative estimate of drug-likeness (QED) is 0.257. The van der Waals surface area contributed by atoms with Crippen molar-refractivity contribution in [1.29, 1.82) is 0 Å². The summed E-state index contributed by atoms with van der Waals surface area (Å²) in [5.74, 6) is 0.00674. The van der Waals surface area contributed by atoms with Crippen LogP contribution in [0.15, 0.2) is 58.5 Å². The second-order valence-corrected chi connectivity index (χ2v) is 7.52. The first-order chi connectivity index (χ1) is 12.5. The van der Waals surface area contributed by atoms with Crippen LogP contribution < -0.4 is 5.43 Å². The number of fused-ring (bicyclic) bond motifs is 1. The van der Waals surface area contributed by atoms with Gasteiger partial charge in [0.25, 0.3) is 0 Å². The summed E-state index contributed by atoms with van der Waals surface area (Å²) in [5.41, 5.74) is 3.80. The van der Waals surface area contributed by atoms with E-state index in [-0.39, 0.29) is 11.7 Å². The standard InChI is InChI=1S/C18H12Cl3N3OS/c19-13-1-4-15(5-2-13)26-10-17(25)24-22-9-12-7-11-8-14(20)3-6-16(11)23-18(12)21/h1-9H,10H2,(H,24,25)/b22-9-. The van der Waals surface area contributed by atoms with Gasteiger partial charge in [-0.25, -0.2) is 10.4 Å². The lowest BCUT2D eigenvalue weighted by Gasteiger charge is -2.03. The van der Waals surface area contributed by atoms with E-state index in [1.165, 1.54) is 18.0 Å². The van der Waals surface area contributed by atoms with Gasteiger partial charge in [-0.05, 0) is 48.5 Å². The average Bonchev–Trinajstić information content (AvgIpc) is 2.62. The fourth-order valence-electron chi connectivity index (χ4n) is 2.12. The molecule has 4 nitrogen and oxygen atoms in total. The van der Waals surface area contributed by atoms with Crippen LogP contribution in [-0.2, 0) is 4.79 Å². The van der Waals surface area contributed by atoms with Crippen molar-refractivity contribution in [3.63, 3.8) is 0 Å². The van der Waals surface area contributed by atoms with Gasteiger partial charge in [-0.15, -0.1) is 11.8 Å². The maximum atomic E-state index is 11.9. The van der Waals surface area contributed by atoms with Gasteiger partial charge in [0.05, 0.1) is 17.5 Å². The second-order valence-electron chi connectivity index (χ2n) is 5.24. The van der Waals surface area contributed by atoms with Crippen LogP contribution in [0.25, 0.3) is 10.9 Å². The number of hydrogen-bond acceptors (Lipinski definition) is 4. The van der Waals surface area contributed by atoms with Gasteiger partial charge in [0.1, 0.15) is 5.15 Å². The molecule has 1 N–H and O–H groups in total. The van der Waals surface area contributed by atoms with Crippen LogP contribution >= 0.6 is 46.6 Å². The van der Waals surface area contributed by atoms with Gasteiger partial charge in [-0.3, -0.25) is 4.79 Å². The zero-order valence-corrected chi connectivity index (χ0v) is 16.3. The highest BCUT2D eigenvalue weighted by Crippen LogP contribution is 2.22. The van der Waals surface area contributed by atoms with E-state index >= 15 is 0 Å². The van der Waals surface area contributed by atoms with Crippen molar-refractivity contribution in [2.75, 3.05) is 5.75 Å². The Hall–Kier alpha value is -1.79. The Bertz CT molecular complexity index is 977. The van der Waals surface area contributed by atoms with Crippen molar-refractivity contribution < 1.29 is 4.79 Å². The van der Waals surface area contributed by atoms with E-state index in [0.717, 1.165) is 15.8 Å². The number of nitrogens with zero attached hydrogens (tertiary/aromatic N) is 2. The average molecular weight is 425 g/mol. The molecule has 0 aliphatic heterocycles. The molecular formula is C18H12Cl3N3OS. The summed E-state index contributed by atoms with van der Waals surface area (Å²) in [6.45, 7) is 0. The summed E-state index contributed by atoms with van der Waals surface area (Å²) in [4.78, 5) is 17.1. The molecule has 0 fully saturated rings. The van der Waals surface area contributed by atoms with Crippen LogP contribution in [0, 0.1) is 0 Å². The first-order valence-corrected chi connectivity index (χ1v) is 9.59. The molecule has 0 aliphatic rings. The molecule has 1 heterocycles. The van der Waals surface area contributed by atoms with Crippen LogP contribution in [0.1, 0.15) is 5.56 Å². The molecule has 0 radical (unpaired) electrons. The molecule has 0 unspecified atom stereocenters. The third-order valence-corrected chi connectivity index (χ3v) is 5.14. The second kappa shape index (κ2) is 8.73. The van der Waals surface area contributed by atoms with E-state index in [1.807, 2.05) is 18.2 Å². The van der Waals surface area contributed by atoms with E-state index in [4.69, 9.17) is 34.8 Å². The number of thioether (sulfide) groups is 1. The van der Waals surface area contributed by atoms with Crippen molar-refractivity contribution >= 4 is 69.6 Å². The summed E-state index contributed by atoms with van der Waals surface area (Å²) in [6.07, 6.45) is 1.46. The molecule has 26 heavy (non-hydrogen) atoms. The number of pyridine rings is 1. The van der Waals surface area contributed by atoms with Crippen LogP contribution in [-0.4, -0.2) is 22.9 Å². The smallest absolute Gasteiger partial charge is 0.250 e. The van der Waals surface area contributed by atoms with Crippen molar-refractivity contribution in [2.24, 2.45) is 5.10 Å². The van der Waals surface area contributed by atoms with Gasteiger partial charge in [0.2, 0.25) is 5.91 Å². The number of nitrogens with one attached hydrogen (secondary N) is 1. The topological polar surface area (TPSA) is 54.4 Å². The molecule has 0 saturated heterocycles. The molecule has 132 valence electrons. The summed E-state index contributed by atoms with van der Waals surface area (Å²) >= 11 is 19.4. The van der Waals surface area contributed by atoms with Crippen molar-refractivity contribution in [2.45, 2.75) is 4.90 Å². The Morgan fingerprint density at radius 1 is 1.08 bits per heavy atom. The number of carbonyl (C=O) groups is 1. The summed E-state index contributed by atoms with van der Waals surface area (Å²) in [7, 11) is 0. The van der Waals surface area contributed by atoms with Crippen molar-refractivity contribution in [3.8, 4) is 0 Å². The molecule has 1 amide bonds. The van der Waals surface area contributed by atoms with Gasteiger partial charge in [0, 0.05) is 25.9 Å². The number of benzene rings is 2. The Morgan fingerprint density at radius 3 is 2.58 bits per heavy atom. The van der Waals surface area contributed by atoms with Crippen molar-refractivity contribution in [3.05, 3.63) is 69.3 Å². The van der Waals surface area contributed by atoms with Gasteiger partial charge < -0.3 is 0 Å². The van der Waals surface area contributed by atoms with Crippen molar-refractivity contribution in [1.82, 2.24) is 10.4 Å². The first kappa shape index (κ1) is 19.0. The molecule has 0 spiro atoms. The number of halogens is 3. The Balaban J connectivity index is 1.60. The summed E-state index contributed by atoms with van der Waals surface area (Å²) < 4.78 is 0. The Morgan fingerprint density at radius 2 is 1.81 bits per heavy atom. The third kappa shape index (κ3) is 5.11. The predicted molar refractivity (Wildman–Crippen MR) is 110 cm³/mol. The monoisotopic (exact) mass is 423 g/mol. The zero-order chi connectivity index (χ0) is 18.5. The summed E-state index contributed by atoms with van der Waals surface area (Å²) in [6, 6.07) is 14.4. The Labute approximate surface area is 169 Å². The molecule has 3 aromatic rings. The van der Waals surface area contributed by atoms with Crippen LogP contribution in [0.5, 0.6) is 0 Å². The number of amides is 1. The third-order valence-electron chi connectivity index (χ3n) is 3.33. The Kier molecular flexibility index (Phi) is 6.38. The number of rotatable bonds is 5. The van der Waals surface area contributed by atoms with Gasteiger partial charge in [-0.2, -0.15) is 5.10 Å². The fraction of sp³-hybridized carbons (Fsp3) is 0.0556. The minimum atomic E-state index is -0.228. The lowest BCUT2D eigenvalue weighted by atomic mass is 10.2. The molecule has 2 aromatic carbocycles. The summed E-state index contributed by atoms with van der Waals surface area (Å²) in [5, 5.41) is 6.35. The number of hydrogen-bond donors (Lipinski definition) is 1. The van der Waals surface area contributed by atoms with Crippen LogP contribution in [0.3, 0.4) is 0 Å². The minimum absolute atomic E-state index is 0.228. The largest absolute Gasteiger partial charge is 0.272 e. The molecule has 0 saturated carbocycles. The molecule has 3 rings (SSSR count).